The molecule has 2 aliphatic heterocycles. The Morgan fingerprint density at radius 3 is 2.59 bits per heavy atom. The van der Waals surface area contributed by atoms with Crippen LogP contribution in [0.1, 0.15) is 24.4 Å². The first-order valence-corrected chi connectivity index (χ1v) is 11.4. The second-order valence-electron chi connectivity index (χ2n) is 8.29. The zero-order valence-electron chi connectivity index (χ0n) is 19.5. The zero-order chi connectivity index (χ0) is 22.8. The van der Waals surface area contributed by atoms with Gasteiger partial charge in [0, 0.05) is 46.9 Å². The second-order valence-corrected chi connectivity index (χ2v) is 8.29. The number of rotatable bonds is 9. The smallest absolute Gasteiger partial charge is 0.243 e. The molecule has 0 radical (unpaired) electrons. The van der Waals surface area contributed by atoms with Crippen molar-refractivity contribution in [2.75, 3.05) is 73.7 Å². The highest BCUT2D eigenvalue weighted by Gasteiger charge is 2.23. The van der Waals surface area contributed by atoms with Gasteiger partial charge in [-0.2, -0.15) is 0 Å². The van der Waals surface area contributed by atoms with E-state index in [1.165, 1.54) is 5.56 Å². The monoisotopic (exact) mass is 447 g/mol. The summed E-state index contributed by atoms with van der Waals surface area (Å²) in [6.45, 7) is 5.41. The molecule has 0 aliphatic carbocycles. The van der Waals surface area contributed by atoms with Crippen molar-refractivity contribution >= 4 is 11.9 Å². The van der Waals surface area contributed by atoms with E-state index in [0.29, 0.717) is 19.0 Å². The number of hydrogen-bond donors (Lipinski definition) is 2. The third kappa shape index (κ3) is 7.36. The summed E-state index contributed by atoms with van der Waals surface area (Å²) in [7, 11) is 5.15. The molecular weight excluding hydrogens is 410 g/mol. The van der Waals surface area contributed by atoms with Crippen molar-refractivity contribution < 1.29 is 19.0 Å². The highest BCUT2D eigenvalue weighted by atomic mass is 16.5. The summed E-state index contributed by atoms with van der Waals surface area (Å²) in [5.74, 6) is 1.43. The largest absolute Gasteiger partial charge is 0.497 e. The lowest BCUT2D eigenvalue weighted by Gasteiger charge is -2.35. The Hall–Kier alpha value is -2.36. The summed E-state index contributed by atoms with van der Waals surface area (Å²) in [6.07, 6.45) is 2.31. The van der Waals surface area contributed by atoms with Crippen molar-refractivity contribution in [1.82, 2.24) is 20.4 Å². The molecule has 2 unspecified atom stereocenters. The molecule has 1 aromatic rings. The van der Waals surface area contributed by atoms with Gasteiger partial charge in [0.2, 0.25) is 5.91 Å². The number of nitrogens with zero attached hydrogens (tertiary/aromatic N) is 3. The maximum Gasteiger partial charge on any atom is 0.243 e. The Bertz CT molecular complexity index is 728. The first-order chi connectivity index (χ1) is 15.6. The molecule has 0 saturated carbocycles. The number of likely N-dealkylation sites (N-methyl/N-ethyl adjacent to an activating group) is 1. The van der Waals surface area contributed by atoms with E-state index in [2.05, 4.69) is 32.7 Å². The number of amides is 1. The highest BCUT2D eigenvalue weighted by Crippen LogP contribution is 2.23. The number of methoxy groups -OCH3 is 1. The van der Waals surface area contributed by atoms with Crippen LogP contribution in [0, 0.1) is 0 Å². The molecule has 2 atom stereocenters. The topological polar surface area (TPSA) is 87.7 Å². The molecule has 32 heavy (non-hydrogen) atoms. The first kappa shape index (κ1) is 24.3. The van der Waals surface area contributed by atoms with Crippen LogP contribution in [0.25, 0.3) is 0 Å². The van der Waals surface area contributed by atoms with E-state index < -0.39 is 0 Å². The van der Waals surface area contributed by atoms with Crippen molar-refractivity contribution in [2.24, 2.45) is 4.99 Å². The number of guanidine groups is 1. The van der Waals surface area contributed by atoms with Crippen LogP contribution >= 0.6 is 0 Å². The molecule has 2 fully saturated rings. The molecule has 9 nitrogen and oxygen atoms in total. The van der Waals surface area contributed by atoms with Crippen LogP contribution in [0.15, 0.2) is 29.3 Å². The van der Waals surface area contributed by atoms with Crippen LogP contribution in [0.4, 0.5) is 0 Å². The Morgan fingerprint density at radius 2 is 1.97 bits per heavy atom. The molecule has 0 aromatic heterocycles. The maximum atomic E-state index is 12.1. The number of carbonyl (C=O) groups is 1. The van der Waals surface area contributed by atoms with E-state index in [-0.39, 0.29) is 24.6 Å². The molecule has 1 amide bonds. The zero-order valence-corrected chi connectivity index (χ0v) is 19.5. The molecule has 0 bridgehead atoms. The lowest BCUT2D eigenvalue weighted by molar-refractivity contribution is -0.127. The normalized spacial score (nSPS) is 20.6. The van der Waals surface area contributed by atoms with Crippen molar-refractivity contribution in [2.45, 2.75) is 25.0 Å². The van der Waals surface area contributed by atoms with Crippen molar-refractivity contribution in [1.29, 1.82) is 0 Å². The molecule has 2 N–H and O–H groups in total. The quantitative estimate of drug-likeness (QED) is 0.429. The molecule has 2 aliphatic rings. The molecule has 2 heterocycles. The van der Waals surface area contributed by atoms with Gasteiger partial charge in [-0.1, -0.05) is 12.1 Å². The Labute approximate surface area is 191 Å². The number of ether oxygens (including phenoxy) is 3. The third-order valence-electron chi connectivity index (χ3n) is 5.84. The fourth-order valence-corrected chi connectivity index (χ4v) is 3.84. The summed E-state index contributed by atoms with van der Waals surface area (Å²) >= 11 is 0. The van der Waals surface area contributed by atoms with Gasteiger partial charge in [-0.3, -0.25) is 9.69 Å². The van der Waals surface area contributed by atoms with Crippen LogP contribution in [-0.2, 0) is 14.3 Å². The van der Waals surface area contributed by atoms with Gasteiger partial charge in [0.25, 0.3) is 0 Å². The van der Waals surface area contributed by atoms with Gasteiger partial charge in [0.15, 0.2) is 5.96 Å². The van der Waals surface area contributed by atoms with E-state index in [9.17, 15) is 4.79 Å². The number of carbonyl (C=O) groups excluding carboxylic acids is 1. The Kier molecular flexibility index (Phi) is 9.58. The van der Waals surface area contributed by atoms with E-state index in [1.807, 2.05) is 12.1 Å². The number of hydrogen-bond acceptors (Lipinski definition) is 6. The third-order valence-corrected chi connectivity index (χ3v) is 5.84. The second kappa shape index (κ2) is 12.6. The fourth-order valence-electron chi connectivity index (χ4n) is 3.84. The van der Waals surface area contributed by atoms with E-state index in [4.69, 9.17) is 14.2 Å². The average Bonchev–Trinajstić information content (AvgIpc) is 3.35. The molecule has 9 heteroatoms. The van der Waals surface area contributed by atoms with E-state index in [0.717, 1.165) is 51.5 Å². The number of nitrogens with one attached hydrogen (secondary N) is 2. The SMILES string of the molecule is COc1ccc(C(CNC(=NCC(=O)N(C)C)NCC2CCCO2)N2CCOCC2)cc1. The van der Waals surface area contributed by atoms with Gasteiger partial charge in [-0.05, 0) is 30.5 Å². The molecule has 3 rings (SSSR count). The average molecular weight is 448 g/mol. The van der Waals surface area contributed by atoms with Gasteiger partial charge in [-0.15, -0.1) is 0 Å². The lowest BCUT2D eigenvalue weighted by atomic mass is 10.0. The van der Waals surface area contributed by atoms with E-state index in [1.54, 1.807) is 26.1 Å². The van der Waals surface area contributed by atoms with E-state index >= 15 is 0 Å². The summed E-state index contributed by atoms with van der Waals surface area (Å²) in [5, 5.41) is 6.83. The van der Waals surface area contributed by atoms with Crippen molar-refractivity contribution in [3.8, 4) is 5.75 Å². The summed E-state index contributed by atoms with van der Waals surface area (Å²) in [5.41, 5.74) is 1.20. The van der Waals surface area contributed by atoms with Gasteiger partial charge in [0.1, 0.15) is 12.3 Å². The maximum absolute atomic E-state index is 12.1. The summed E-state index contributed by atoms with van der Waals surface area (Å²) < 4.78 is 16.6. The number of benzene rings is 1. The molecule has 0 spiro atoms. The highest BCUT2D eigenvalue weighted by molar-refractivity contribution is 5.84. The van der Waals surface area contributed by atoms with Crippen LogP contribution in [0.5, 0.6) is 5.75 Å². The van der Waals surface area contributed by atoms with Gasteiger partial charge >= 0.3 is 0 Å². The minimum Gasteiger partial charge on any atom is -0.497 e. The molecular formula is C23H37N5O4. The van der Waals surface area contributed by atoms with Crippen LogP contribution in [0.2, 0.25) is 0 Å². The minimum atomic E-state index is -0.0388. The van der Waals surface area contributed by atoms with Crippen molar-refractivity contribution in [3.05, 3.63) is 29.8 Å². The minimum absolute atomic E-state index is 0.0388. The van der Waals surface area contributed by atoms with Crippen LogP contribution in [-0.4, -0.2) is 102 Å². The number of aliphatic imine (C=N–C) groups is 1. The molecule has 2 saturated heterocycles. The van der Waals surface area contributed by atoms with Crippen LogP contribution < -0.4 is 15.4 Å². The van der Waals surface area contributed by atoms with Crippen molar-refractivity contribution in [3.63, 3.8) is 0 Å². The first-order valence-electron chi connectivity index (χ1n) is 11.4. The molecule has 178 valence electrons. The number of morpholine rings is 1. The Balaban J connectivity index is 1.69. The summed E-state index contributed by atoms with van der Waals surface area (Å²) in [6, 6.07) is 8.33. The van der Waals surface area contributed by atoms with Gasteiger partial charge in [0.05, 0.1) is 32.5 Å². The Morgan fingerprint density at radius 1 is 1.22 bits per heavy atom. The van der Waals surface area contributed by atoms with Gasteiger partial charge in [-0.25, -0.2) is 4.99 Å². The van der Waals surface area contributed by atoms with Gasteiger partial charge < -0.3 is 29.7 Å². The fraction of sp³-hybridized carbons (Fsp3) is 0.652. The molecule has 1 aromatic carbocycles. The predicted molar refractivity (Wildman–Crippen MR) is 124 cm³/mol. The standard InChI is InChI=1S/C23H37N5O4/c1-27(2)22(29)17-26-23(24-15-20-5-4-12-32-20)25-16-21(28-10-13-31-14-11-28)18-6-8-19(30-3)9-7-18/h6-9,20-21H,4-5,10-17H2,1-3H3,(H2,24,25,26). The lowest BCUT2D eigenvalue weighted by Crippen LogP contribution is -2.47. The predicted octanol–water partition coefficient (Wildman–Crippen LogP) is 0.871. The summed E-state index contributed by atoms with van der Waals surface area (Å²) in [4.78, 5) is 20.6. The van der Waals surface area contributed by atoms with Crippen LogP contribution in [0.3, 0.4) is 0 Å².